The molecule has 0 saturated heterocycles. The fourth-order valence-electron chi connectivity index (χ4n) is 1.83. The number of amides is 2. The summed E-state index contributed by atoms with van der Waals surface area (Å²) in [6.45, 7) is 6.83. The smallest absolute Gasteiger partial charge is 0.253 e. The molecule has 0 atom stereocenters. The summed E-state index contributed by atoms with van der Waals surface area (Å²) in [4.78, 5) is 25.0. The predicted octanol–water partition coefficient (Wildman–Crippen LogP) is 2.19. The minimum absolute atomic E-state index is 0.0608. The number of hydrogen-bond donors (Lipinski definition) is 1. The molecule has 110 valence electrons. The Hall–Kier alpha value is -1.84. The van der Waals surface area contributed by atoms with E-state index in [9.17, 15) is 9.59 Å². The number of nitrogens with zero attached hydrogens (tertiary/aromatic N) is 1. The monoisotopic (exact) mass is 276 g/mol. The van der Waals surface area contributed by atoms with Crippen LogP contribution in [0.3, 0.4) is 0 Å². The molecule has 0 radical (unpaired) electrons. The fraction of sp³-hybridized carbons (Fsp3) is 0.500. The van der Waals surface area contributed by atoms with Crippen molar-refractivity contribution < 1.29 is 9.59 Å². The van der Waals surface area contributed by atoms with E-state index in [1.165, 1.54) is 5.56 Å². The molecule has 2 amide bonds. The van der Waals surface area contributed by atoms with Gasteiger partial charge in [0.15, 0.2) is 0 Å². The summed E-state index contributed by atoms with van der Waals surface area (Å²) in [7, 11) is 3.30. The Morgan fingerprint density at radius 2 is 1.70 bits per heavy atom. The SMILES string of the molecule is CNC(=O)CCN(C)C(=O)c1ccc(C(C)(C)C)cc1. The molecule has 1 N–H and O–H groups in total. The fourth-order valence-corrected chi connectivity index (χ4v) is 1.83. The Bertz CT molecular complexity index is 472. The molecule has 4 nitrogen and oxygen atoms in total. The second kappa shape index (κ2) is 6.55. The third-order valence-electron chi connectivity index (χ3n) is 3.30. The van der Waals surface area contributed by atoms with Crippen LogP contribution in [0.2, 0.25) is 0 Å². The lowest BCUT2D eigenvalue weighted by atomic mass is 9.86. The van der Waals surface area contributed by atoms with E-state index in [-0.39, 0.29) is 17.2 Å². The normalized spacial score (nSPS) is 11.1. The van der Waals surface area contributed by atoms with E-state index in [1.54, 1.807) is 19.0 Å². The molecule has 0 aromatic heterocycles. The molecule has 0 aliphatic carbocycles. The van der Waals surface area contributed by atoms with Crippen LogP contribution >= 0.6 is 0 Å². The van der Waals surface area contributed by atoms with Gasteiger partial charge in [0.05, 0.1) is 0 Å². The topological polar surface area (TPSA) is 49.4 Å². The zero-order valence-electron chi connectivity index (χ0n) is 13.0. The van der Waals surface area contributed by atoms with Crippen molar-refractivity contribution in [1.82, 2.24) is 10.2 Å². The minimum atomic E-state index is -0.0623. The number of carbonyl (C=O) groups excluding carboxylic acids is 2. The van der Waals surface area contributed by atoms with Crippen molar-refractivity contribution in [2.24, 2.45) is 0 Å². The van der Waals surface area contributed by atoms with Crippen LogP contribution in [0, 0.1) is 0 Å². The first-order valence-electron chi connectivity index (χ1n) is 6.82. The molecule has 0 bridgehead atoms. The molecule has 1 rings (SSSR count). The molecule has 0 heterocycles. The average Bonchev–Trinajstić information content (AvgIpc) is 2.42. The lowest BCUT2D eigenvalue weighted by Crippen LogP contribution is -2.31. The number of benzene rings is 1. The van der Waals surface area contributed by atoms with E-state index < -0.39 is 0 Å². The second-order valence-electron chi connectivity index (χ2n) is 5.98. The van der Waals surface area contributed by atoms with E-state index in [4.69, 9.17) is 0 Å². The van der Waals surface area contributed by atoms with Gasteiger partial charge in [0.2, 0.25) is 5.91 Å². The van der Waals surface area contributed by atoms with Crippen molar-refractivity contribution >= 4 is 11.8 Å². The zero-order valence-corrected chi connectivity index (χ0v) is 13.0. The quantitative estimate of drug-likeness (QED) is 0.916. The van der Waals surface area contributed by atoms with Crippen molar-refractivity contribution in [2.75, 3.05) is 20.6 Å². The standard InChI is InChI=1S/C16H24N2O2/c1-16(2,3)13-8-6-12(7-9-13)15(20)18(5)11-10-14(19)17-4/h6-9H,10-11H2,1-5H3,(H,17,19). The highest BCUT2D eigenvalue weighted by atomic mass is 16.2. The van der Waals surface area contributed by atoms with Gasteiger partial charge in [0.25, 0.3) is 5.91 Å². The van der Waals surface area contributed by atoms with Crippen LogP contribution in [-0.4, -0.2) is 37.4 Å². The second-order valence-corrected chi connectivity index (χ2v) is 5.98. The molecule has 0 aliphatic rings. The van der Waals surface area contributed by atoms with Crippen LogP contribution in [-0.2, 0) is 10.2 Å². The first kappa shape index (κ1) is 16.2. The molecule has 4 heteroatoms. The maximum Gasteiger partial charge on any atom is 0.253 e. The Labute approximate surface area is 121 Å². The number of hydrogen-bond acceptors (Lipinski definition) is 2. The van der Waals surface area contributed by atoms with Crippen molar-refractivity contribution in [2.45, 2.75) is 32.6 Å². The molecule has 0 saturated carbocycles. The molecule has 0 spiro atoms. The van der Waals surface area contributed by atoms with Crippen LogP contribution < -0.4 is 5.32 Å². The van der Waals surface area contributed by atoms with Crippen molar-refractivity contribution in [3.8, 4) is 0 Å². The van der Waals surface area contributed by atoms with Gasteiger partial charge in [-0.2, -0.15) is 0 Å². The molecule has 1 aromatic rings. The van der Waals surface area contributed by atoms with Crippen molar-refractivity contribution in [3.63, 3.8) is 0 Å². The Kier molecular flexibility index (Phi) is 5.31. The van der Waals surface area contributed by atoms with Crippen molar-refractivity contribution in [3.05, 3.63) is 35.4 Å². The number of carbonyl (C=O) groups is 2. The lowest BCUT2D eigenvalue weighted by molar-refractivity contribution is -0.120. The van der Waals surface area contributed by atoms with Gasteiger partial charge < -0.3 is 10.2 Å². The minimum Gasteiger partial charge on any atom is -0.359 e. The summed E-state index contributed by atoms with van der Waals surface area (Å²) in [5.74, 6) is -0.123. The third kappa shape index (κ3) is 4.37. The summed E-state index contributed by atoms with van der Waals surface area (Å²) in [6, 6.07) is 7.66. The summed E-state index contributed by atoms with van der Waals surface area (Å²) in [5.41, 5.74) is 1.92. The van der Waals surface area contributed by atoms with Crippen LogP contribution in [0.1, 0.15) is 43.1 Å². The van der Waals surface area contributed by atoms with E-state index in [0.29, 0.717) is 18.5 Å². The summed E-state index contributed by atoms with van der Waals surface area (Å²) < 4.78 is 0. The van der Waals surface area contributed by atoms with Crippen LogP contribution in [0.4, 0.5) is 0 Å². The Morgan fingerprint density at radius 1 is 1.15 bits per heavy atom. The first-order valence-corrected chi connectivity index (χ1v) is 6.82. The van der Waals surface area contributed by atoms with Crippen LogP contribution in [0.15, 0.2) is 24.3 Å². The zero-order chi connectivity index (χ0) is 15.3. The summed E-state index contributed by atoms with van der Waals surface area (Å²) in [6.07, 6.45) is 0.318. The Balaban J connectivity index is 2.70. The predicted molar refractivity (Wildman–Crippen MR) is 80.8 cm³/mol. The maximum absolute atomic E-state index is 12.2. The molecule has 1 aromatic carbocycles. The molecule has 0 aliphatic heterocycles. The third-order valence-corrected chi connectivity index (χ3v) is 3.30. The maximum atomic E-state index is 12.2. The van der Waals surface area contributed by atoms with E-state index in [2.05, 4.69) is 26.1 Å². The molecular formula is C16H24N2O2. The lowest BCUT2D eigenvalue weighted by Gasteiger charge is -2.20. The van der Waals surface area contributed by atoms with Gasteiger partial charge in [-0.25, -0.2) is 0 Å². The van der Waals surface area contributed by atoms with Crippen LogP contribution in [0.25, 0.3) is 0 Å². The van der Waals surface area contributed by atoms with Crippen molar-refractivity contribution in [1.29, 1.82) is 0 Å². The molecule has 20 heavy (non-hydrogen) atoms. The van der Waals surface area contributed by atoms with Gasteiger partial charge in [-0.1, -0.05) is 32.9 Å². The summed E-state index contributed by atoms with van der Waals surface area (Å²) in [5, 5.41) is 2.55. The van der Waals surface area contributed by atoms with Gasteiger partial charge in [-0.15, -0.1) is 0 Å². The number of rotatable bonds is 4. The van der Waals surface area contributed by atoms with Crippen LogP contribution in [0.5, 0.6) is 0 Å². The van der Waals surface area contributed by atoms with Gasteiger partial charge in [-0.05, 0) is 23.1 Å². The van der Waals surface area contributed by atoms with Gasteiger partial charge in [-0.3, -0.25) is 9.59 Å². The van der Waals surface area contributed by atoms with E-state index in [1.807, 2.05) is 24.3 Å². The molecule has 0 unspecified atom stereocenters. The number of nitrogens with one attached hydrogen (secondary N) is 1. The Morgan fingerprint density at radius 3 is 2.15 bits per heavy atom. The van der Waals surface area contributed by atoms with Gasteiger partial charge >= 0.3 is 0 Å². The average molecular weight is 276 g/mol. The van der Waals surface area contributed by atoms with Gasteiger partial charge in [0.1, 0.15) is 0 Å². The highest BCUT2D eigenvalue weighted by Crippen LogP contribution is 2.22. The first-order chi connectivity index (χ1) is 9.25. The summed E-state index contributed by atoms with van der Waals surface area (Å²) >= 11 is 0. The largest absolute Gasteiger partial charge is 0.359 e. The molecule has 0 fully saturated rings. The highest BCUT2D eigenvalue weighted by Gasteiger charge is 2.16. The van der Waals surface area contributed by atoms with E-state index in [0.717, 1.165) is 0 Å². The van der Waals surface area contributed by atoms with Gasteiger partial charge in [0, 0.05) is 32.6 Å². The highest BCUT2D eigenvalue weighted by molar-refractivity contribution is 5.94. The molecular weight excluding hydrogens is 252 g/mol. The van der Waals surface area contributed by atoms with E-state index >= 15 is 0 Å².